The fraction of sp³-hybridized carbons (Fsp3) is 0.300. The van der Waals surface area contributed by atoms with E-state index in [9.17, 15) is 14.7 Å². The predicted octanol–water partition coefficient (Wildman–Crippen LogP) is 3.02. The van der Waals surface area contributed by atoms with Gasteiger partial charge in [-0.2, -0.15) is 0 Å². The van der Waals surface area contributed by atoms with Crippen molar-refractivity contribution in [3.63, 3.8) is 0 Å². The number of amides is 1. The Labute approximate surface area is 152 Å². The molecule has 0 aliphatic rings. The van der Waals surface area contributed by atoms with Crippen molar-refractivity contribution in [1.82, 2.24) is 5.32 Å². The zero-order chi connectivity index (χ0) is 19.1. The average Bonchev–Trinajstić information content (AvgIpc) is 2.61. The molecule has 2 rings (SSSR count). The van der Waals surface area contributed by atoms with E-state index in [4.69, 9.17) is 9.47 Å². The molecule has 0 aliphatic heterocycles. The third-order valence-electron chi connectivity index (χ3n) is 3.92. The highest BCUT2D eigenvalue weighted by molar-refractivity contribution is 5.84. The summed E-state index contributed by atoms with van der Waals surface area (Å²) < 4.78 is 10.7. The molecule has 2 N–H and O–H groups in total. The fourth-order valence-electron chi connectivity index (χ4n) is 2.53. The minimum Gasteiger partial charge on any atom is -0.497 e. The van der Waals surface area contributed by atoms with E-state index >= 15 is 0 Å². The van der Waals surface area contributed by atoms with Crippen LogP contribution in [0.5, 0.6) is 11.5 Å². The Morgan fingerprint density at radius 1 is 1.12 bits per heavy atom. The van der Waals surface area contributed by atoms with Crippen LogP contribution < -0.4 is 14.8 Å². The fourth-order valence-corrected chi connectivity index (χ4v) is 2.53. The minimum atomic E-state index is -1.13. The van der Waals surface area contributed by atoms with E-state index in [1.165, 1.54) is 7.11 Å². The summed E-state index contributed by atoms with van der Waals surface area (Å²) in [5, 5.41) is 11.9. The number of methoxy groups -OCH3 is 1. The lowest BCUT2D eigenvalue weighted by Gasteiger charge is -2.16. The Bertz CT molecular complexity index is 770. The lowest BCUT2D eigenvalue weighted by atomic mass is 10.1. The van der Waals surface area contributed by atoms with E-state index in [1.807, 2.05) is 32.0 Å². The van der Waals surface area contributed by atoms with Gasteiger partial charge in [-0.25, -0.2) is 4.79 Å². The Balaban J connectivity index is 1.91. The molecular formula is C20H23NO5. The summed E-state index contributed by atoms with van der Waals surface area (Å²) in [5.41, 5.74) is 2.60. The van der Waals surface area contributed by atoms with Gasteiger partial charge in [0.1, 0.15) is 11.5 Å². The van der Waals surface area contributed by atoms with Gasteiger partial charge in [0.05, 0.1) is 20.1 Å². The number of carbonyl (C=O) groups excluding carboxylic acids is 1. The highest BCUT2D eigenvalue weighted by Gasteiger charge is 2.22. The van der Waals surface area contributed by atoms with Gasteiger partial charge in [0.25, 0.3) is 0 Å². The SMILES string of the molecule is COc1ccc(C(NC(=O)CCOc2ccc(C)cc2C)C(=O)O)cc1. The van der Waals surface area contributed by atoms with Crippen LogP contribution in [0.2, 0.25) is 0 Å². The van der Waals surface area contributed by atoms with Crippen molar-refractivity contribution in [3.05, 3.63) is 59.2 Å². The Morgan fingerprint density at radius 3 is 2.38 bits per heavy atom. The smallest absolute Gasteiger partial charge is 0.330 e. The maximum absolute atomic E-state index is 12.1. The van der Waals surface area contributed by atoms with Crippen molar-refractivity contribution in [2.24, 2.45) is 0 Å². The molecule has 0 saturated carbocycles. The predicted molar refractivity (Wildman–Crippen MR) is 97.5 cm³/mol. The summed E-state index contributed by atoms with van der Waals surface area (Å²) in [6, 6.07) is 11.2. The first-order valence-electron chi connectivity index (χ1n) is 8.27. The van der Waals surface area contributed by atoms with E-state index in [1.54, 1.807) is 24.3 Å². The van der Waals surface area contributed by atoms with E-state index in [0.717, 1.165) is 11.1 Å². The van der Waals surface area contributed by atoms with E-state index < -0.39 is 17.9 Å². The molecule has 1 unspecified atom stereocenters. The molecule has 0 bridgehead atoms. The summed E-state index contributed by atoms with van der Waals surface area (Å²) in [7, 11) is 1.53. The van der Waals surface area contributed by atoms with Crippen LogP contribution in [0.25, 0.3) is 0 Å². The molecule has 1 amide bonds. The van der Waals surface area contributed by atoms with Crippen LogP contribution in [0.3, 0.4) is 0 Å². The second kappa shape index (κ2) is 8.89. The van der Waals surface area contributed by atoms with Gasteiger partial charge in [0.2, 0.25) is 5.91 Å². The van der Waals surface area contributed by atoms with Crippen molar-refractivity contribution in [2.45, 2.75) is 26.3 Å². The molecule has 0 saturated heterocycles. The van der Waals surface area contributed by atoms with Crippen LogP contribution in [-0.2, 0) is 9.59 Å². The standard InChI is InChI=1S/C20H23NO5/c1-13-4-9-17(14(2)12-13)26-11-10-18(22)21-19(20(23)24)15-5-7-16(25-3)8-6-15/h4-9,12,19H,10-11H2,1-3H3,(H,21,22)(H,23,24). The molecular weight excluding hydrogens is 334 g/mol. The first-order valence-corrected chi connectivity index (χ1v) is 8.27. The summed E-state index contributed by atoms with van der Waals surface area (Å²) in [6.07, 6.45) is 0.0627. The number of carboxylic acids is 1. The van der Waals surface area contributed by atoms with Crippen LogP contribution >= 0.6 is 0 Å². The lowest BCUT2D eigenvalue weighted by molar-refractivity contribution is -0.142. The van der Waals surface area contributed by atoms with Crippen LogP contribution in [0, 0.1) is 13.8 Å². The maximum atomic E-state index is 12.1. The lowest BCUT2D eigenvalue weighted by Crippen LogP contribution is -2.34. The Morgan fingerprint density at radius 2 is 1.81 bits per heavy atom. The van der Waals surface area contributed by atoms with Crippen LogP contribution in [0.1, 0.15) is 29.2 Å². The summed E-state index contributed by atoms with van der Waals surface area (Å²) in [5.74, 6) is -0.184. The third-order valence-corrected chi connectivity index (χ3v) is 3.92. The van der Waals surface area contributed by atoms with Gasteiger partial charge in [-0.3, -0.25) is 4.79 Å². The summed E-state index contributed by atoms with van der Waals surface area (Å²) >= 11 is 0. The minimum absolute atomic E-state index is 0.0627. The number of benzene rings is 2. The number of hydrogen-bond donors (Lipinski definition) is 2. The van der Waals surface area contributed by atoms with Crippen LogP contribution in [0.15, 0.2) is 42.5 Å². The number of carboxylic acid groups (broad SMARTS) is 1. The number of rotatable bonds is 8. The van der Waals surface area contributed by atoms with Crippen molar-refractivity contribution < 1.29 is 24.2 Å². The van der Waals surface area contributed by atoms with Crippen molar-refractivity contribution in [1.29, 1.82) is 0 Å². The first kappa shape index (κ1) is 19.3. The molecule has 6 heteroatoms. The van der Waals surface area contributed by atoms with Gasteiger partial charge in [-0.15, -0.1) is 0 Å². The quantitative estimate of drug-likeness (QED) is 0.759. The van der Waals surface area contributed by atoms with Crippen molar-refractivity contribution in [3.8, 4) is 11.5 Å². The van der Waals surface area contributed by atoms with Gasteiger partial charge in [-0.1, -0.05) is 29.8 Å². The molecule has 6 nitrogen and oxygen atoms in total. The molecule has 0 radical (unpaired) electrons. The molecule has 1 atom stereocenters. The molecule has 26 heavy (non-hydrogen) atoms. The number of ether oxygens (including phenoxy) is 2. The highest BCUT2D eigenvalue weighted by atomic mass is 16.5. The largest absolute Gasteiger partial charge is 0.497 e. The molecule has 2 aromatic carbocycles. The molecule has 0 fully saturated rings. The second-order valence-corrected chi connectivity index (χ2v) is 5.98. The normalized spacial score (nSPS) is 11.5. The van der Waals surface area contributed by atoms with Gasteiger partial charge < -0.3 is 19.9 Å². The number of carbonyl (C=O) groups is 2. The van der Waals surface area contributed by atoms with Gasteiger partial charge in [-0.05, 0) is 43.2 Å². The number of nitrogens with one attached hydrogen (secondary N) is 1. The van der Waals surface area contributed by atoms with Crippen LogP contribution in [0.4, 0.5) is 0 Å². The topological polar surface area (TPSA) is 84.9 Å². The van der Waals surface area contributed by atoms with E-state index in [0.29, 0.717) is 17.1 Å². The van der Waals surface area contributed by atoms with Gasteiger partial charge in [0.15, 0.2) is 6.04 Å². The maximum Gasteiger partial charge on any atom is 0.330 e. The monoisotopic (exact) mass is 357 g/mol. The molecule has 0 aliphatic carbocycles. The van der Waals surface area contributed by atoms with Crippen molar-refractivity contribution in [2.75, 3.05) is 13.7 Å². The Kier molecular flexibility index (Phi) is 6.60. The number of aryl methyl sites for hydroxylation is 2. The summed E-state index contributed by atoms with van der Waals surface area (Å²) in [4.78, 5) is 23.6. The first-order chi connectivity index (χ1) is 12.4. The molecule has 0 heterocycles. The van der Waals surface area contributed by atoms with Crippen molar-refractivity contribution >= 4 is 11.9 Å². The molecule has 2 aromatic rings. The second-order valence-electron chi connectivity index (χ2n) is 5.98. The number of aliphatic carboxylic acids is 1. The van der Waals surface area contributed by atoms with Gasteiger partial charge >= 0.3 is 5.97 Å². The highest BCUT2D eigenvalue weighted by Crippen LogP contribution is 2.20. The molecule has 0 spiro atoms. The zero-order valence-electron chi connectivity index (χ0n) is 15.1. The van der Waals surface area contributed by atoms with E-state index in [-0.39, 0.29) is 13.0 Å². The zero-order valence-corrected chi connectivity index (χ0v) is 15.1. The number of hydrogen-bond acceptors (Lipinski definition) is 4. The summed E-state index contributed by atoms with van der Waals surface area (Å²) in [6.45, 7) is 4.10. The third kappa shape index (κ3) is 5.24. The van der Waals surface area contributed by atoms with E-state index in [2.05, 4.69) is 5.32 Å². The Hall–Kier alpha value is -3.02. The van der Waals surface area contributed by atoms with Crippen LogP contribution in [-0.4, -0.2) is 30.7 Å². The average molecular weight is 357 g/mol. The molecule has 138 valence electrons. The van der Waals surface area contributed by atoms with Gasteiger partial charge in [0, 0.05) is 0 Å². The molecule has 0 aromatic heterocycles.